The van der Waals surface area contributed by atoms with E-state index >= 15 is 0 Å². The molecule has 0 spiro atoms. The summed E-state index contributed by atoms with van der Waals surface area (Å²) >= 11 is 0. The number of carboxylic acid groups (broad SMARTS) is 5. The van der Waals surface area contributed by atoms with Crippen LogP contribution in [0, 0.1) is 6.92 Å². The van der Waals surface area contributed by atoms with E-state index in [9.17, 15) is 49.5 Å². The molecule has 47 heavy (non-hydrogen) atoms. The van der Waals surface area contributed by atoms with E-state index in [1.165, 1.54) is 18.2 Å². The second-order valence-electron chi connectivity index (χ2n) is 10.4. The second kappa shape index (κ2) is 14.7. The number of ether oxygens (including phenoxy) is 2. The molecule has 0 amide bonds. The lowest BCUT2D eigenvalue weighted by atomic mass is 10.1. The Labute approximate surface area is 266 Å². The largest absolute Gasteiger partial charge is 0.488 e. The summed E-state index contributed by atoms with van der Waals surface area (Å²) in [5.74, 6) is -5.76. The van der Waals surface area contributed by atoms with E-state index in [-0.39, 0.29) is 41.7 Å². The summed E-state index contributed by atoms with van der Waals surface area (Å²) < 4.78 is 11.8. The number of aliphatic carboxylic acids is 4. The number of aromatic carboxylic acids is 1. The second-order valence-corrected chi connectivity index (χ2v) is 10.4. The average molecular weight is 650 g/mol. The molecule has 15 nitrogen and oxygen atoms in total. The van der Waals surface area contributed by atoms with Gasteiger partial charge in [-0.05, 0) is 61.0 Å². The van der Waals surface area contributed by atoms with Crippen LogP contribution in [-0.2, 0) is 19.2 Å². The highest BCUT2D eigenvalue weighted by atomic mass is 16.5. The zero-order valence-electron chi connectivity index (χ0n) is 25.0. The quantitative estimate of drug-likeness (QED) is 0.0903. The van der Waals surface area contributed by atoms with Crippen molar-refractivity contribution >= 4 is 52.1 Å². The van der Waals surface area contributed by atoms with Crippen LogP contribution in [0.25, 0.3) is 22.2 Å². The predicted octanol–water partition coefficient (Wildman–Crippen LogP) is 3.25. The van der Waals surface area contributed by atoms with Gasteiger partial charge in [-0.1, -0.05) is 12.1 Å². The number of fused-ring (bicyclic) bond motifs is 1. The molecule has 0 saturated carbocycles. The fraction of sp³-hybridized carbons (Fsp3) is 0.219. The van der Waals surface area contributed by atoms with Crippen molar-refractivity contribution in [2.75, 3.05) is 49.2 Å². The molecule has 0 aliphatic rings. The van der Waals surface area contributed by atoms with Gasteiger partial charge in [0.2, 0.25) is 0 Å². The molecule has 0 aliphatic heterocycles. The molecular formula is C32H31N3O12. The van der Waals surface area contributed by atoms with Gasteiger partial charge in [0.15, 0.2) is 0 Å². The van der Waals surface area contributed by atoms with Crippen LogP contribution in [0.1, 0.15) is 15.9 Å². The van der Waals surface area contributed by atoms with Crippen LogP contribution in [0.5, 0.6) is 11.5 Å². The SMILES string of the molecule is Cc1ccc(N(CC(=O)O)CC(=O)O)c(OCCOc2ccc(-c3cc4ccc(C(=O)O)cc4[nH]3)cc2N(CC(=O)O)CC(=O)O)c1. The van der Waals surface area contributed by atoms with Gasteiger partial charge in [-0.15, -0.1) is 0 Å². The van der Waals surface area contributed by atoms with E-state index in [0.717, 1.165) is 20.7 Å². The van der Waals surface area contributed by atoms with Crippen molar-refractivity contribution in [3.8, 4) is 22.8 Å². The molecule has 1 aromatic heterocycles. The number of hydrogen-bond donors (Lipinski definition) is 6. The number of aromatic amines is 1. The van der Waals surface area contributed by atoms with E-state index < -0.39 is 56.0 Å². The lowest BCUT2D eigenvalue weighted by molar-refractivity contribution is -0.138. The summed E-state index contributed by atoms with van der Waals surface area (Å²) in [5, 5.41) is 47.7. The number of rotatable bonds is 17. The number of nitrogens with zero attached hydrogens (tertiary/aromatic N) is 2. The molecule has 1 heterocycles. The van der Waals surface area contributed by atoms with E-state index in [1.807, 2.05) is 0 Å². The van der Waals surface area contributed by atoms with Crippen molar-refractivity contribution < 1.29 is 59.0 Å². The zero-order valence-corrected chi connectivity index (χ0v) is 25.0. The van der Waals surface area contributed by atoms with E-state index in [4.69, 9.17) is 9.47 Å². The smallest absolute Gasteiger partial charge is 0.335 e. The van der Waals surface area contributed by atoms with Crippen LogP contribution >= 0.6 is 0 Å². The molecule has 0 unspecified atom stereocenters. The van der Waals surface area contributed by atoms with Gasteiger partial charge >= 0.3 is 29.8 Å². The third-order valence-corrected chi connectivity index (χ3v) is 6.84. The summed E-state index contributed by atoms with van der Waals surface area (Å²) in [7, 11) is 0. The van der Waals surface area contributed by atoms with Crippen molar-refractivity contribution in [3.05, 3.63) is 71.8 Å². The first kappa shape index (κ1) is 33.6. The maximum absolute atomic E-state index is 11.7. The van der Waals surface area contributed by atoms with E-state index in [0.29, 0.717) is 16.8 Å². The van der Waals surface area contributed by atoms with Crippen molar-refractivity contribution in [1.82, 2.24) is 4.98 Å². The molecule has 0 atom stereocenters. The summed E-state index contributed by atoms with van der Waals surface area (Å²) in [6.45, 7) is -0.930. The number of nitrogens with one attached hydrogen (secondary N) is 1. The fourth-order valence-electron chi connectivity index (χ4n) is 4.88. The predicted molar refractivity (Wildman–Crippen MR) is 168 cm³/mol. The van der Waals surface area contributed by atoms with Gasteiger partial charge in [-0.3, -0.25) is 19.2 Å². The van der Waals surface area contributed by atoms with Gasteiger partial charge in [0, 0.05) is 22.2 Å². The Balaban J connectivity index is 1.61. The Morgan fingerprint density at radius 2 is 1.21 bits per heavy atom. The first-order valence-electron chi connectivity index (χ1n) is 14.0. The molecule has 4 rings (SSSR count). The van der Waals surface area contributed by atoms with Crippen LogP contribution < -0.4 is 19.3 Å². The Bertz CT molecular complexity index is 1800. The molecular weight excluding hydrogens is 618 g/mol. The number of carboxylic acids is 5. The zero-order chi connectivity index (χ0) is 34.2. The Morgan fingerprint density at radius 1 is 0.638 bits per heavy atom. The molecule has 15 heteroatoms. The van der Waals surface area contributed by atoms with Gasteiger partial charge in [0.25, 0.3) is 0 Å². The fourth-order valence-corrected chi connectivity index (χ4v) is 4.88. The van der Waals surface area contributed by atoms with Crippen molar-refractivity contribution in [1.29, 1.82) is 0 Å². The molecule has 0 saturated heterocycles. The van der Waals surface area contributed by atoms with Crippen LogP contribution in [-0.4, -0.2) is 99.8 Å². The summed E-state index contributed by atoms with van der Waals surface area (Å²) in [6, 6.07) is 16.0. The molecule has 6 N–H and O–H groups in total. The number of aromatic nitrogens is 1. The summed E-state index contributed by atoms with van der Waals surface area (Å²) in [4.78, 5) is 62.9. The van der Waals surface area contributed by atoms with Crippen LogP contribution in [0.3, 0.4) is 0 Å². The third-order valence-electron chi connectivity index (χ3n) is 6.84. The van der Waals surface area contributed by atoms with Crippen molar-refractivity contribution in [2.45, 2.75) is 6.92 Å². The molecule has 0 aliphatic carbocycles. The molecule has 3 aromatic carbocycles. The summed E-state index contributed by atoms with van der Waals surface area (Å²) in [6.07, 6.45) is 0. The lowest BCUT2D eigenvalue weighted by Gasteiger charge is -2.25. The van der Waals surface area contributed by atoms with Gasteiger partial charge in [0.1, 0.15) is 50.9 Å². The highest BCUT2D eigenvalue weighted by Crippen LogP contribution is 2.35. The number of aryl methyl sites for hydroxylation is 1. The molecule has 246 valence electrons. The lowest BCUT2D eigenvalue weighted by Crippen LogP contribution is -2.35. The van der Waals surface area contributed by atoms with E-state index in [1.54, 1.807) is 49.4 Å². The van der Waals surface area contributed by atoms with Crippen molar-refractivity contribution in [2.24, 2.45) is 0 Å². The first-order valence-corrected chi connectivity index (χ1v) is 14.0. The minimum Gasteiger partial charge on any atom is -0.488 e. The van der Waals surface area contributed by atoms with E-state index in [2.05, 4.69) is 4.98 Å². The van der Waals surface area contributed by atoms with Crippen LogP contribution in [0.4, 0.5) is 11.4 Å². The highest BCUT2D eigenvalue weighted by molar-refractivity contribution is 5.95. The third kappa shape index (κ3) is 8.91. The maximum Gasteiger partial charge on any atom is 0.335 e. The van der Waals surface area contributed by atoms with Gasteiger partial charge < -0.3 is 49.8 Å². The first-order chi connectivity index (χ1) is 22.3. The van der Waals surface area contributed by atoms with Gasteiger partial charge in [-0.25, -0.2) is 4.79 Å². The standard InChI is InChI=1S/C32H31N3O12/c1-18-2-6-24(34(14-28(36)37)15-29(38)39)27(10-18)47-9-8-46-26-7-5-20(13-25(26)35(16-30(40)41)17-31(42)43)22-11-19-3-4-21(32(44)45)12-23(19)33-22/h2-7,10-13,33H,8-9,14-17H2,1H3,(H,36,37)(H,38,39)(H,40,41)(H,42,43)(H,44,45). The highest BCUT2D eigenvalue weighted by Gasteiger charge is 2.21. The minimum absolute atomic E-state index is 0.0842. The minimum atomic E-state index is -1.28. The number of H-pyrrole nitrogens is 1. The maximum atomic E-state index is 11.7. The number of hydrogen-bond acceptors (Lipinski definition) is 9. The molecule has 0 radical (unpaired) electrons. The number of carbonyl (C=O) groups is 5. The normalized spacial score (nSPS) is 10.7. The van der Waals surface area contributed by atoms with Crippen molar-refractivity contribution in [3.63, 3.8) is 0 Å². The average Bonchev–Trinajstić information content (AvgIpc) is 3.41. The Kier molecular flexibility index (Phi) is 10.5. The van der Waals surface area contributed by atoms with Gasteiger partial charge in [-0.2, -0.15) is 0 Å². The number of benzene rings is 3. The summed E-state index contributed by atoms with van der Waals surface area (Å²) in [5.41, 5.74) is 2.90. The molecule has 0 fully saturated rings. The molecule has 4 aromatic rings. The Morgan fingerprint density at radius 3 is 1.79 bits per heavy atom. The monoisotopic (exact) mass is 649 g/mol. The number of anilines is 2. The van der Waals surface area contributed by atoms with Gasteiger partial charge in [0.05, 0.1) is 16.9 Å². The van der Waals surface area contributed by atoms with Crippen LogP contribution in [0.15, 0.2) is 60.7 Å². The topological polar surface area (TPSA) is 227 Å². The Hall–Kier alpha value is -6.25. The van der Waals surface area contributed by atoms with Crippen LogP contribution in [0.2, 0.25) is 0 Å². The molecule has 0 bridgehead atoms.